The molecule has 0 unspecified atom stereocenters. The van der Waals surface area contributed by atoms with Gasteiger partial charge in [-0.2, -0.15) is 0 Å². The number of rotatable bonds is 3. The first-order valence-corrected chi connectivity index (χ1v) is 6.93. The number of hydrogen-bond acceptors (Lipinski definition) is 2. The van der Waals surface area contributed by atoms with Crippen molar-refractivity contribution < 1.29 is 14.7 Å². The van der Waals surface area contributed by atoms with Crippen molar-refractivity contribution in [1.82, 2.24) is 9.80 Å². The smallest absolute Gasteiger partial charge is 0.320 e. The maximum absolute atomic E-state index is 12.2. The fourth-order valence-corrected chi connectivity index (χ4v) is 3.51. The lowest BCUT2D eigenvalue weighted by Gasteiger charge is -2.34. The van der Waals surface area contributed by atoms with E-state index in [4.69, 9.17) is 5.11 Å². The number of carbonyl (C=O) groups excluding carboxylic acids is 1. The maximum Gasteiger partial charge on any atom is 0.320 e. The summed E-state index contributed by atoms with van der Waals surface area (Å²) in [4.78, 5) is 26.9. The summed E-state index contributed by atoms with van der Waals surface area (Å²) in [5.74, 6) is -0.455. The summed E-state index contributed by atoms with van der Waals surface area (Å²) in [6, 6.07) is 0.597. The van der Waals surface area contributed by atoms with Crippen molar-refractivity contribution in [3.63, 3.8) is 0 Å². The van der Waals surface area contributed by atoms with Gasteiger partial charge in [-0.1, -0.05) is 0 Å². The average molecular weight is 252 g/mol. The Bertz CT molecular complexity index is 365. The Morgan fingerprint density at radius 3 is 2.78 bits per heavy atom. The molecule has 0 aromatic heterocycles. The number of carbonyl (C=O) groups is 2. The van der Waals surface area contributed by atoms with E-state index in [-0.39, 0.29) is 11.9 Å². The second kappa shape index (κ2) is 4.44. The summed E-state index contributed by atoms with van der Waals surface area (Å²) in [5, 5.41) is 8.84. The molecule has 2 heterocycles. The molecule has 2 aliphatic heterocycles. The third kappa shape index (κ3) is 1.95. The molecule has 0 radical (unpaired) electrons. The highest BCUT2D eigenvalue weighted by Crippen LogP contribution is 2.36. The van der Waals surface area contributed by atoms with Crippen LogP contribution in [0, 0.1) is 11.8 Å². The molecular formula is C13H20N2O3. The van der Waals surface area contributed by atoms with Crippen molar-refractivity contribution in [3.05, 3.63) is 0 Å². The number of carboxylic acid groups (broad SMARTS) is 1. The SMILES string of the molecule is O=C(O)C1CC(CN2C[C@@H]3CCCCN3C2=O)C1. The Hall–Kier alpha value is -1.26. The molecule has 3 aliphatic rings. The monoisotopic (exact) mass is 252 g/mol. The lowest BCUT2D eigenvalue weighted by atomic mass is 9.75. The zero-order chi connectivity index (χ0) is 12.7. The van der Waals surface area contributed by atoms with Gasteiger partial charge in [0.25, 0.3) is 0 Å². The molecule has 0 aromatic carbocycles. The lowest BCUT2D eigenvalue weighted by molar-refractivity contribution is -0.146. The highest BCUT2D eigenvalue weighted by atomic mass is 16.4. The largest absolute Gasteiger partial charge is 0.481 e. The summed E-state index contributed by atoms with van der Waals surface area (Å²) >= 11 is 0. The zero-order valence-electron chi connectivity index (χ0n) is 10.5. The Morgan fingerprint density at radius 2 is 2.11 bits per heavy atom. The Labute approximate surface area is 107 Å². The molecular weight excluding hydrogens is 232 g/mol. The summed E-state index contributed by atoms with van der Waals surface area (Å²) in [5.41, 5.74) is 0. The standard InChI is InChI=1S/C13H20N2O3/c16-12(17)10-5-9(6-10)7-14-8-11-3-1-2-4-15(11)13(14)18/h9-11H,1-8H2,(H,16,17)/t9?,10?,11-/m0/s1. The van der Waals surface area contributed by atoms with Crippen LogP contribution < -0.4 is 0 Å². The highest BCUT2D eigenvalue weighted by molar-refractivity contribution is 5.77. The van der Waals surface area contributed by atoms with Crippen LogP contribution in [0.1, 0.15) is 32.1 Å². The maximum atomic E-state index is 12.2. The molecule has 2 saturated heterocycles. The average Bonchev–Trinajstić information content (AvgIpc) is 2.60. The Kier molecular flexibility index (Phi) is 2.92. The normalized spacial score (nSPS) is 35.3. The van der Waals surface area contributed by atoms with Crippen LogP contribution in [0.2, 0.25) is 0 Å². The molecule has 5 nitrogen and oxygen atoms in total. The first kappa shape index (κ1) is 11.8. The number of urea groups is 1. The molecule has 100 valence electrons. The molecule has 3 fully saturated rings. The molecule has 0 spiro atoms. The van der Waals surface area contributed by atoms with E-state index in [2.05, 4.69) is 0 Å². The number of carboxylic acids is 1. The fourth-order valence-electron chi connectivity index (χ4n) is 3.51. The van der Waals surface area contributed by atoms with Crippen LogP contribution in [0.3, 0.4) is 0 Å². The molecule has 0 bridgehead atoms. The number of fused-ring (bicyclic) bond motifs is 1. The van der Waals surface area contributed by atoms with Crippen LogP contribution >= 0.6 is 0 Å². The van der Waals surface area contributed by atoms with Crippen LogP contribution in [-0.2, 0) is 4.79 Å². The van der Waals surface area contributed by atoms with Gasteiger partial charge >= 0.3 is 12.0 Å². The van der Waals surface area contributed by atoms with Crippen molar-refractivity contribution in [1.29, 1.82) is 0 Å². The number of nitrogens with zero attached hydrogens (tertiary/aromatic N) is 2. The van der Waals surface area contributed by atoms with E-state index in [1.807, 2.05) is 9.80 Å². The van der Waals surface area contributed by atoms with Gasteiger partial charge in [-0.3, -0.25) is 4.79 Å². The number of hydrogen-bond donors (Lipinski definition) is 1. The third-order valence-electron chi connectivity index (χ3n) is 4.64. The molecule has 3 rings (SSSR count). The van der Waals surface area contributed by atoms with E-state index in [0.717, 1.165) is 45.3 Å². The topological polar surface area (TPSA) is 60.9 Å². The van der Waals surface area contributed by atoms with E-state index in [1.165, 1.54) is 6.42 Å². The molecule has 1 atom stereocenters. The Morgan fingerprint density at radius 1 is 1.33 bits per heavy atom. The minimum atomic E-state index is -0.684. The van der Waals surface area contributed by atoms with Crippen LogP contribution in [0.5, 0.6) is 0 Å². The summed E-state index contributed by atoms with van der Waals surface area (Å²) in [7, 11) is 0. The number of amides is 2. The van der Waals surface area contributed by atoms with Crippen LogP contribution in [0.4, 0.5) is 4.79 Å². The predicted molar refractivity (Wildman–Crippen MR) is 65.2 cm³/mol. The number of piperidine rings is 1. The zero-order valence-corrected chi connectivity index (χ0v) is 10.5. The highest BCUT2D eigenvalue weighted by Gasteiger charge is 2.42. The second-order valence-electron chi connectivity index (χ2n) is 5.90. The van der Waals surface area contributed by atoms with E-state index in [0.29, 0.717) is 12.0 Å². The minimum absolute atomic E-state index is 0.171. The van der Waals surface area contributed by atoms with Gasteiger partial charge in [-0.25, -0.2) is 4.79 Å². The van der Waals surface area contributed by atoms with E-state index in [9.17, 15) is 9.59 Å². The summed E-state index contributed by atoms with van der Waals surface area (Å²) in [6.45, 7) is 2.52. The van der Waals surface area contributed by atoms with Crippen LogP contribution in [0.15, 0.2) is 0 Å². The van der Waals surface area contributed by atoms with E-state index in [1.54, 1.807) is 0 Å². The minimum Gasteiger partial charge on any atom is -0.481 e. The first-order valence-electron chi connectivity index (χ1n) is 6.93. The van der Waals surface area contributed by atoms with Gasteiger partial charge < -0.3 is 14.9 Å². The first-order chi connectivity index (χ1) is 8.65. The molecule has 1 aliphatic carbocycles. The molecule has 1 N–H and O–H groups in total. The quantitative estimate of drug-likeness (QED) is 0.825. The van der Waals surface area contributed by atoms with Crippen LogP contribution in [-0.4, -0.2) is 52.6 Å². The molecule has 18 heavy (non-hydrogen) atoms. The van der Waals surface area contributed by atoms with Crippen molar-refractivity contribution >= 4 is 12.0 Å². The van der Waals surface area contributed by atoms with Gasteiger partial charge in [0.1, 0.15) is 0 Å². The van der Waals surface area contributed by atoms with Gasteiger partial charge in [-0.15, -0.1) is 0 Å². The predicted octanol–water partition coefficient (Wildman–Crippen LogP) is 1.39. The van der Waals surface area contributed by atoms with Crippen molar-refractivity contribution in [2.45, 2.75) is 38.1 Å². The Balaban J connectivity index is 1.52. The lowest BCUT2D eigenvalue weighted by Crippen LogP contribution is -2.41. The van der Waals surface area contributed by atoms with Crippen molar-refractivity contribution in [2.24, 2.45) is 11.8 Å². The van der Waals surface area contributed by atoms with E-state index < -0.39 is 5.97 Å². The third-order valence-corrected chi connectivity index (χ3v) is 4.64. The summed E-state index contributed by atoms with van der Waals surface area (Å²) < 4.78 is 0. The van der Waals surface area contributed by atoms with Crippen molar-refractivity contribution in [3.8, 4) is 0 Å². The van der Waals surface area contributed by atoms with Crippen LogP contribution in [0.25, 0.3) is 0 Å². The second-order valence-corrected chi connectivity index (χ2v) is 5.90. The van der Waals surface area contributed by atoms with Gasteiger partial charge in [-0.05, 0) is 38.0 Å². The molecule has 2 amide bonds. The van der Waals surface area contributed by atoms with Gasteiger partial charge in [0.2, 0.25) is 0 Å². The van der Waals surface area contributed by atoms with Gasteiger partial charge in [0.05, 0.1) is 12.0 Å². The van der Waals surface area contributed by atoms with E-state index >= 15 is 0 Å². The van der Waals surface area contributed by atoms with Gasteiger partial charge in [0.15, 0.2) is 0 Å². The summed E-state index contributed by atoms with van der Waals surface area (Å²) in [6.07, 6.45) is 4.96. The van der Waals surface area contributed by atoms with Gasteiger partial charge in [0, 0.05) is 19.6 Å². The molecule has 5 heteroatoms. The van der Waals surface area contributed by atoms with Crippen molar-refractivity contribution in [2.75, 3.05) is 19.6 Å². The number of aliphatic carboxylic acids is 1. The fraction of sp³-hybridized carbons (Fsp3) is 0.846. The molecule has 1 saturated carbocycles. The molecule has 0 aromatic rings.